The molecule has 0 bridgehead atoms. The molecule has 0 aliphatic carbocycles. The van der Waals surface area contributed by atoms with Gasteiger partial charge in [-0.1, -0.05) is 0 Å². The van der Waals surface area contributed by atoms with Gasteiger partial charge in [-0.05, 0) is 39.3 Å². The largest absolute Gasteiger partial charge is 0.372 e. The lowest BCUT2D eigenvalue weighted by Gasteiger charge is -2.19. The lowest BCUT2D eigenvalue weighted by atomic mass is 10.3. The Morgan fingerprint density at radius 1 is 1.19 bits per heavy atom. The number of hydrogen-bond acceptors (Lipinski definition) is 6. The summed E-state index contributed by atoms with van der Waals surface area (Å²) in [6, 6.07) is 0.188. The highest BCUT2D eigenvalue weighted by Crippen LogP contribution is 2.13. The Bertz CT molecular complexity index is 363. The second-order valence-corrected chi connectivity index (χ2v) is 4.57. The highest BCUT2D eigenvalue weighted by molar-refractivity contribution is 6.28. The van der Waals surface area contributed by atoms with Crippen molar-refractivity contribution in [3.05, 3.63) is 5.28 Å². The van der Waals surface area contributed by atoms with Crippen LogP contribution in [0.25, 0.3) is 0 Å². The Kier molecular flexibility index (Phi) is 3.88. The molecule has 0 atom stereocenters. The van der Waals surface area contributed by atoms with Gasteiger partial charge in [-0.15, -0.1) is 0 Å². The molecular weight excluding hydrogens is 230 g/mol. The highest BCUT2D eigenvalue weighted by atomic mass is 35.5. The first-order chi connectivity index (χ1) is 7.26. The molecule has 0 saturated carbocycles. The van der Waals surface area contributed by atoms with Gasteiger partial charge in [-0.3, -0.25) is 0 Å². The van der Waals surface area contributed by atoms with Crippen molar-refractivity contribution < 1.29 is 5.11 Å². The quantitative estimate of drug-likeness (QED) is 0.697. The number of nitrogens with one attached hydrogen (secondary N) is 2. The van der Waals surface area contributed by atoms with E-state index in [9.17, 15) is 5.11 Å². The summed E-state index contributed by atoms with van der Waals surface area (Å²) in [5.74, 6) is 0.609. The second kappa shape index (κ2) is 4.80. The first kappa shape index (κ1) is 12.9. The topological polar surface area (TPSA) is 83.0 Å². The van der Waals surface area contributed by atoms with Gasteiger partial charge in [0.15, 0.2) is 0 Å². The van der Waals surface area contributed by atoms with Crippen molar-refractivity contribution >= 4 is 23.5 Å². The maximum absolute atomic E-state index is 9.56. The van der Waals surface area contributed by atoms with Crippen LogP contribution in [0.2, 0.25) is 5.28 Å². The molecule has 0 aliphatic heterocycles. The van der Waals surface area contributed by atoms with Crippen LogP contribution in [0, 0.1) is 0 Å². The van der Waals surface area contributed by atoms with Gasteiger partial charge in [0.2, 0.25) is 17.2 Å². The number of aliphatic hydroxyl groups is 1. The number of hydrogen-bond donors (Lipinski definition) is 3. The average molecular weight is 246 g/mol. The third-order valence-corrected chi connectivity index (χ3v) is 1.61. The molecule has 0 amide bonds. The molecule has 1 aromatic heterocycles. The molecule has 1 aromatic rings. The van der Waals surface area contributed by atoms with Crippen molar-refractivity contribution in [1.82, 2.24) is 15.0 Å². The minimum atomic E-state index is -1.11. The summed E-state index contributed by atoms with van der Waals surface area (Å²) in [6.07, 6.45) is 0. The number of aromatic nitrogens is 3. The maximum Gasteiger partial charge on any atom is 0.231 e. The summed E-state index contributed by atoms with van der Waals surface area (Å²) in [4.78, 5) is 11.8. The normalized spacial score (nSPS) is 11.7. The zero-order chi connectivity index (χ0) is 12.3. The van der Waals surface area contributed by atoms with E-state index in [1.807, 2.05) is 13.8 Å². The molecule has 0 fully saturated rings. The van der Waals surface area contributed by atoms with E-state index in [0.717, 1.165) is 0 Å². The summed E-state index contributed by atoms with van der Waals surface area (Å²) in [6.45, 7) is 7.09. The molecule has 0 saturated heterocycles. The van der Waals surface area contributed by atoms with E-state index in [1.165, 1.54) is 0 Å². The molecule has 0 radical (unpaired) electrons. The first-order valence-corrected chi connectivity index (χ1v) is 5.33. The van der Waals surface area contributed by atoms with Crippen molar-refractivity contribution in [3.8, 4) is 0 Å². The van der Waals surface area contributed by atoms with Crippen molar-refractivity contribution in [1.29, 1.82) is 0 Å². The van der Waals surface area contributed by atoms with E-state index in [0.29, 0.717) is 5.95 Å². The van der Waals surface area contributed by atoms with Crippen LogP contribution in [-0.4, -0.2) is 31.8 Å². The molecular formula is C9H16ClN5O. The summed E-state index contributed by atoms with van der Waals surface area (Å²) in [5.41, 5.74) is -1.11. The summed E-state index contributed by atoms with van der Waals surface area (Å²) in [7, 11) is 0. The SMILES string of the molecule is CC(C)Nc1nc(Cl)nc(NC(C)(C)O)n1. The molecule has 6 nitrogen and oxygen atoms in total. The predicted octanol–water partition coefficient (Wildman–Crippen LogP) is 1.49. The van der Waals surface area contributed by atoms with Gasteiger partial charge in [-0.25, -0.2) is 0 Å². The molecule has 0 spiro atoms. The molecule has 16 heavy (non-hydrogen) atoms. The van der Waals surface area contributed by atoms with Crippen LogP contribution >= 0.6 is 11.6 Å². The van der Waals surface area contributed by atoms with Crippen molar-refractivity contribution in [3.63, 3.8) is 0 Å². The van der Waals surface area contributed by atoms with E-state index >= 15 is 0 Å². The number of anilines is 2. The van der Waals surface area contributed by atoms with Crippen molar-refractivity contribution in [2.45, 2.75) is 39.5 Å². The van der Waals surface area contributed by atoms with Crippen LogP contribution in [0.15, 0.2) is 0 Å². The fourth-order valence-corrected chi connectivity index (χ4v) is 1.16. The summed E-state index contributed by atoms with van der Waals surface area (Å²) < 4.78 is 0. The van der Waals surface area contributed by atoms with Crippen LogP contribution in [-0.2, 0) is 0 Å². The molecule has 90 valence electrons. The fourth-order valence-electron chi connectivity index (χ4n) is 1.00. The van der Waals surface area contributed by atoms with Crippen molar-refractivity contribution in [2.75, 3.05) is 10.6 Å². The number of halogens is 1. The Labute approximate surface area is 99.5 Å². The van der Waals surface area contributed by atoms with Crippen LogP contribution in [0.4, 0.5) is 11.9 Å². The van der Waals surface area contributed by atoms with Gasteiger partial charge < -0.3 is 15.7 Å². The molecule has 0 aromatic carbocycles. The van der Waals surface area contributed by atoms with E-state index in [1.54, 1.807) is 13.8 Å². The average Bonchev–Trinajstić information content (AvgIpc) is 1.96. The van der Waals surface area contributed by atoms with Crippen molar-refractivity contribution in [2.24, 2.45) is 0 Å². The zero-order valence-corrected chi connectivity index (χ0v) is 10.5. The lowest BCUT2D eigenvalue weighted by Crippen LogP contribution is -2.31. The van der Waals surface area contributed by atoms with Crippen LogP contribution in [0.1, 0.15) is 27.7 Å². The highest BCUT2D eigenvalue weighted by Gasteiger charge is 2.15. The number of rotatable bonds is 4. The van der Waals surface area contributed by atoms with Gasteiger partial charge >= 0.3 is 0 Å². The number of nitrogens with zero attached hydrogens (tertiary/aromatic N) is 3. The minimum Gasteiger partial charge on any atom is -0.372 e. The van der Waals surface area contributed by atoms with Crippen LogP contribution < -0.4 is 10.6 Å². The monoisotopic (exact) mass is 245 g/mol. The smallest absolute Gasteiger partial charge is 0.231 e. The Morgan fingerprint density at radius 3 is 2.25 bits per heavy atom. The summed E-state index contributed by atoms with van der Waals surface area (Å²) in [5, 5.41) is 15.3. The van der Waals surface area contributed by atoms with Crippen LogP contribution in [0.5, 0.6) is 0 Å². The predicted molar refractivity (Wildman–Crippen MR) is 63.5 cm³/mol. The van der Waals surface area contributed by atoms with E-state index in [4.69, 9.17) is 11.6 Å². The molecule has 7 heteroatoms. The minimum absolute atomic E-state index is 0.0740. The zero-order valence-electron chi connectivity index (χ0n) is 9.74. The lowest BCUT2D eigenvalue weighted by molar-refractivity contribution is 0.110. The Hall–Kier alpha value is -1.14. The summed E-state index contributed by atoms with van der Waals surface area (Å²) >= 11 is 5.74. The van der Waals surface area contributed by atoms with Gasteiger partial charge in [0, 0.05) is 6.04 Å². The van der Waals surface area contributed by atoms with Gasteiger partial charge in [-0.2, -0.15) is 15.0 Å². The van der Waals surface area contributed by atoms with Gasteiger partial charge in [0.25, 0.3) is 0 Å². The Balaban J connectivity index is 2.90. The third kappa shape index (κ3) is 4.59. The maximum atomic E-state index is 9.56. The van der Waals surface area contributed by atoms with Gasteiger partial charge in [0.1, 0.15) is 5.72 Å². The first-order valence-electron chi connectivity index (χ1n) is 4.95. The molecule has 1 heterocycles. The standard InChI is InChI=1S/C9H16ClN5O/c1-5(2)11-7-12-6(10)13-8(14-7)15-9(3,4)16/h5,16H,1-4H3,(H2,11,12,13,14,15). The second-order valence-electron chi connectivity index (χ2n) is 4.23. The molecule has 1 rings (SSSR count). The third-order valence-electron chi connectivity index (χ3n) is 1.44. The molecule has 0 aliphatic rings. The molecule has 0 unspecified atom stereocenters. The van der Waals surface area contributed by atoms with Gasteiger partial charge in [0.05, 0.1) is 0 Å². The van der Waals surface area contributed by atoms with E-state index in [2.05, 4.69) is 25.6 Å². The van der Waals surface area contributed by atoms with Crippen LogP contribution in [0.3, 0.4) is 0 Å². The Morgan fingerprint density at radius 2 is 1.75 bits per heavy atom. The van der Waals surface area contributed by atoms with E-state index < -0.39 is 5.72 Å². The fraction of sp³-hybridized carbons (Fsp3) is 0.667. The molecule has 3 N–H and O–H groups in total. The van der Waals surface area contributed by atoms with E-state index in [-0.39, 0.29) is 17.3 Å².